The van der Waals surface area contributed by atoms with E-state index in [9.17, 15) is 9.90 Å². The molecule has 0 heterocycles. The molecule has 84 valence electrons. The van der Waals surface area contributed by atoms with Crippen LogP contribution < -0.4 is 5.32 Å². The Labute approximate surface area is 85.6 Å². The Morgan fingerprint density at radius 3 is 2.71 bits per heavy atom. The summed E-state index contributed by atoms with van der Waals surface area (Å²) in [5, 5.41) is 11.9. The maximum Gasteiger partial charge on any atom is 0.407 e. The Morgan fingerprint density at radius 2 is 2.21 bits per heavy atom. The number of rotatable bonds is 6. The maximum atomic E-state index is 10.8. The van der Waals surface area contributed by atoms with Gasteiger partial charge in [0, 0.05) is 13.5 Å². The van der Waals surface area contributed by atoms with Gasteiger partial charge in [0.1, 0.15) is 6.10 Å². The van der Waals surface area contributed by atoms with Gasteiger partial charge in [-0.3, -0.25) is 0 Å². The van der Waals surface area contributed by atoms with Gasteiger partial charge in [0.25, 0.3) is 0 Å². The van der Waals surface area contributed by atoms with Crippen LogP contribution in [0.4, 0.5) is 4.79 Å². The number of alkyl carbamates (subject to hydrolysis) is 1. The minimum atomic E-state index is -0.444. The molecule has 1 amide bonds. The standard InChI is InChI=1S/C10H21NO3/c1-4-5-6-9(12)7-8(2)14-10(13)11-3/h8-9,12H,4-7H2,1-3H3,(H,11,13). The highest BCUT2D eigenvalue weighted by Crippen LogP contribution is 2.09. The fourth-order valence-electron chi connectivity index (χ4n) is 1.23. The summed E-state index contributed by atoms with van der Waals surface area (Å²) in [5.74, 6) is 0. The maximum absolute atomic E-state index is 10.8. The van der Waals surface area contributed by atoms with Crippen LogP contribution in [0.25, 0.3) is 0 Å². The molecule has 0 bridgehead atoms. The first kappa shape index (κ1) is 13.2. The summed E-state index contributed by atoms with van der Waals surface area (Å²) in [7, 11) is 1.52. The molecular weight excluding hydrogens is 182 g/mol. The van der Waals surface area contributed by atoms with Crippen LogP contribution in [0.5, 0.6) is 0 Å². The number of amides is 1. The van der Waals surface area contributed by atoms with Crippen molar-refractivity contribution in [1.29, 1.82) is 0 Å². The highest BCUT2D eigenvalue weighted by molar-refractivity contribution is 5.66. The van der Waals surface area contributed by atoms with E-state index in [4.69, 9.17) is 4.74 Å². The van der Waals surface area contributed by atoms with Crippen LogP contribution in [0.15, 0.2) is 0 Å². The van der Waals surface area contributed by atoms with E-state index in [1.807, 2.05) is 0 Å². The van der Waals surface area contributed by atoms with Crippen LogP contribution in [0.3, 0.4) is 0 Å². The lowest BCUT2D eigenvalue weighted by atomic mass is 10.1. The summed E-state index contributed by atoms with van der Waals surface area (Å²) in [6, 6.07) is 0. The van der Waals surface area contributed by atoms with Crippen molar-refractivity contribution in [1.82, 2.24) is 5.32 Å². The molecule has 0 rings (SSSR count). The zero-order valence-corrected chi connectivity index (χ0v) is 9.25. The quantitative estimate of drug-likeness (QED) is 0.690. The van der Waals surface area contributed by atoms with Crippen molar-refractivity contribution in [3.63, 3.8) is 0 Å². The fraction of sp³-hybridized carbons (Fsp3) is 0.900. The third-order valence-corrected chi connectivity index (χ3v) is 2.01. The third kappa shape index (κ3) is 6.71. The van der Waals surface area contributed by atoms with Crippen molar-refractivity contribution in [2.24, 2.45) is 0 Å². The molecule has 0 saturated carbocycles. The van der Waals surface area contributed by atoms with Crippen molar-refractivity contribution in [3.05, 3.63) is 0 Å². The van der Waals surface area contributed by atoms with Gasteiger partial charge >= 0.3 is 6.09 Å². The lowest BCUT2D eigenvalue weighted by Gasteiger charge is -2.16. The van der Waals surface area contributed by atoms with Crippen LogP contribution in [0.1, 0.15) is 39.5 Å². The fourth-order valence-corrected chi connectivity index (χ4v) is 1.23. The van der Waals surface area contributed by atoms with E-state index in [1.165, 1.54) is 7.05 Å². The Hall–Kier alpha value is -0.770. The molecule has 0 spiro atoms. The number of unbranched alkanes of at least 4 members (excludes halogenated alkanes) is 1. The number of nitrogens with one attached hydrogen (secondary N) is 1. The van der Waals surface area contributed by atoms with Crippen molar-refractivity contribution >= 4 is 6.09 Å². The average Bonchev–Trinajstić information content (AvgIpc) is 2.14. The average molecular weight is 203 g/mol. The minimum Gasteiger partial charge on any atom is -0.446 e. The van der Waals surface area contributed by atoms with Gasteiger partial charge in [-0.2, -0.15) is 0 Å². The topological polar surface area (TPSA) is 58.6 Å². The SMILES string of the molecule is CCCCC(O)CC(C)OC(=O)NC. The summed E-state index contributed by atoms with van der Waals surface area (Å²) in [5.41, 5.74) is 0. The molecule has 0 aliphatic rings. The van der Waals surface area contributed by atoms with Gasteiger partial charge in [-0.25, -0.2) is 4.79 Å². The predicted octanol–water partition coefficient (Wildman–Crippen LogP) is 1.67. The van der Waals surface area contributed by atoms with E-state index < -0.39 is 6.09 Å². The largest absolute Gasteiger partial charge is 0.446 e. The molecule has 0 radical (unpaired) electrons. The number of hydrogen-bond donors (Lipinski definition) is 2. The first-order valence-corrected chi connectivity index (χ1v) is 5.16. The van der Waals surface area contributed by atoms with E-state index >= 15 is 0 Å². The molecule has 0 aromatic rings. The van der Waals surface area contributed by atoms with Gasteiger partial charge in [0.15, 0.2) is 0 Å². The highest BCUT2D eigenvalue weighted by Gasteiger charge is 2.12. The van der Waals surface area contributed by atoms with Crippen molar-refractivity contribution in [2.45, 2.75) is 51.7 Å². The Balaban J connectivity index is 3.59. The van der Waals surface area contributed by atoms with Crippen LogP contribution in [-0.2, 0) is 4.74 Å². The van der Waals surface area contributed by atoms with Crippen LogP contribution in [0, 0.1) is 0 Å². The van der Waals surface area contributed by atoms with Gasteiger partial charge in [-0.15, -0.1) is 0 Å². The van der Waals surface area contributed by atoms with Gasteiger partial charge in [0.05, 0.1) is 6.10 Å². The van der Waals surface area contributed by atoms with Crippen LogP contribution >= 0.6 is 0 Å². The zero-order chi connectivity index (χ0) is 11.0. The van der Waals surface area contributed by atoms with E-state index in [0.717, 1.165) is 19.3 Å². The van der Waals surface area contributed by atoms with E-state index in [1.54, 1.807) is 6.92 Å². The zero-order valence-electron chi connectivity index (χ0n) is 9.25. The molecule has 14 heavy (non-hydrogen) atoms. The summed E-state index contributed by atoms with van der Waals surface area (Å²) in [6.45, 7) is 3.86. The lowest BCUT2D eigenvalue weighted by molar-refractivity contribution is 0.0598. The molecule has 0 fully saturated rings. The van der Waals surface area contributed by atoms with Gasteiger partial charge < -0.3 is 15.2 Å². The number of carbonyl (C=O) groups is 1. The van der Waals surface area contributed by atoms with Gasteiger partial charge in [-0.05, 0) is 13.3 Å². The summed E-state index contributed by atoms with van der Waals surface area (Å²) < 4.78 is 4.94. The number of carbonyl (C=O) groups excluding carboxylic acids is 1. The highest BCUT2D eigenvalue weighted by atomic mass is 16.6. The molecule has 0 aliphatic carbocycles. The summed E-state index contributed by atoms with van der Waals surface area (Å²) in [6.07, 6.45) is 2.32. The van der Waals surface area contributed by atoms with Crippen molar-refractivity contribution in [3.8, 4) is 0 Å². The van der Waals surface area contributed by atoms with Gasteiger partial charge in [-0.1, -0.05) is 19.8 Å². The number of aliphatic hydroxyl groups is 1. The number of ether oxygens (including phenoxy) is 1. The minimum absolute atomic E-state index is 0.234. The first-order chi connectivity index (χ1) is 6.60. The molecule has 2 N–H and O–H groups in total. The molecule has 2 unspecified atom stereocenters. The molecule has 4 heteroatoms. The second kappa shape index (κ2) is 7.62. The molecule has 0 aromatic heterocycles. The third-order valence-electron chi connectivity index (χ3n) is 2.01. The molecule has 4 nitrogen and oxygen atoms in total. The summed E-state index contributed by atoms with van der Waals surface area (Å²) >= 11 is 0. The van der Waals surface area contributed by atoms with Crippen molar-refractivity contribution < 1.29 is 14.6 Å². The Morgan fingerprint density at radius 1 is 1.57 bits per heavy atom. The van der Waals surface area contributed by atoms with Crippen LogP contribution in [0.2, 0.25) is 0 Å². The van der Waals surface area contributed by atoms with E-state index in [2.05, 4.69) is 12.2 Å². The van der Waals surface area contributed by atoms with Crippen molar-refractivity contribution in [2.75, 3.05) is 7.05 Å². The summed E-state index contributed by atoms with van der Waals surface area (Å²) in [4.78, 5) is 10.8. The second-order valence-electron chi connectivity index (χ2n) is 3.50. The van der Waals surface area contributed by atoms with Crippen LogP contribution in [-0.4, -0.2) is 30.5 Å². The second-order valence-corrected chi connectivity index (χ2v) is 3.50. The van der Waals surface area contributed by atoms with Gasteiger partial charge in [0.2, 0.25) is 0 Å². The monoisotopic (exact) mass is 203 g/mol. The smallest absolute Gasteiger partial charge is 0.407 e. The molecule has 0 aromatic carbocycles. The Bertz CT molecular complexity index is 161. The van der Waals surface area contributed by atoms with E-state index in [-0.39, 0.29) is 12.2 Å². The molecule has 0 aliphatic heterocycles. The first-order valence-electron chi connectivity index (χ1n) is 5.16. The van der Waals surface area contributed by atoms with E-state index in [0.29, 0.717) is 6.42 Å². The molecule has 0 saturated heterocycles. The normalized spacial score (nSPS) is 14.6. The number of aliphatic hydroxyl groups excluding tert-OH is 1. The predicted molar refractivity (Wildman–Crippen MR) is 55.2 cm³/mol. The number of hydrogen-bond acceptors (Lipinski definition) is 3. The molecular formula is C10H21NO3. The molecule has 2 atom stereocenters. The Kier molecular flexibility index (Phi) is 7.20. The lowest BCUT2D eigenvalue weighted by Crippen LogP contribution is -2.27.